The fourth-order valence-electron chi connectivity index (χ4n) is 4.93. The lowest BCUT2D eigenvalue weighted by atomic mass is 9.69. The average molecular weight is 923 g/mol. The lowest BCUT2D eigenvalue weighted by Gasteiger charge is -2.11. The van der Waals surface area contributed by atoms with Crippen LogP contribution in [0, 0.1) is 13.8 Å². The van der Waals surface area contributed by atoms with Gasteiger partial charge in [0.05, 0.1) is 36.0 Å². The summed E-state index contributed by atoms with van der Waals surface area (Å²) in [6.45, 7) is 3.48. The number of nitrogens with one attached hydrogen (secondary N) is 2. The van der Waals surface area contributed by atoms with Gasteiger partial charge in [0.2, 0.25) is 26.5 Å². The second kappa shape index (κ2) is 22.4. The van der Waals surface area contributed by atoms with Crippen LogP contribution in [0.2, 0.25) is 0 Å². The van der Waals surface area contributed by atoms with Gasteiger partial charge in [-0.2, -0.15) is 35.2 Å². The van der Waals surface area contributed by atoms with Crippen molar-refractivity contribution in [3.8, 4) is 0 Å². The zero-order valence-electron chi connectivity index (χ0n) is 32.9. The summed E-state index contributed by atoms with van der Waals surface area (Å²) in [5.41, 5.74) is 4.36. The largest absolute Gasteiger partial charge is 0.324 e. The highest BCUT2D eigenvalue weighted by atomic mass is 32.2. The van der Waals surface area contributed by atoms with Crippen molar-refractivity contribution >= 4 is 115 Å². The number of anilines is 4. The van der Waals surface area contributed by atoms with Gasteiger partial charge in [0.25, 0.3) is 30.4 Å². The zero-order valence-corrected chi connectivity index (χ0v) is 36.2. The molecule has 2 radical (unpaired) electrons. The van der Waals surface area contributed by atoms with Crippen LogP contribution in [-0.2, 0) is 39.7 Å². The Morgan fingerprint density at radius 2 is 1.02 bits per heavy atom. The molecular weight excluding hydrogens is 886 g/mol. The number of aromatic nitrogens is 6. The van der Waals surface area contributed by atoms with Crippen LogP contribution in [0.1, 0.15) is 22.8 Å². The van der Waals surface area contributed by atoms with Crippen molar-refractivity contribution in [3.05, 3.63) is 120 Å². The Morgan fingerprint density at radius 1 is 0.597 bits per heavy atom. The van der Waals surface area contributed by atoms with Gasteiger partial charge in [0.1, 0.15) is 16.5 Å². The summed E-state index contributed by atoms with van der Waals surface area (Å²) in [6.07, 6.45) is 4.56. The third-order valence-corrected chi connectivity index (χ3v) is 8.71. The van der Waals surface area contributed by atoms with Gasteiger partial charge in [-0.3, -0.25) is 13.7 Å². The topological polar surface area (TPSA) is 303 Å². The smallest absolute Gasteiger partial charge is 0.295 e. The predicted molar refractivity (Wildman–Crippen MR) is 236 cm³/mol. The molecule has 0 bridgehead atoms. The average Bonchev–Trinajstić information content (AvgIpc) is 3.16. The van der Waals surface area contributed by atoms with Gasteiger partial charge in [0.15, 0.2) is 0 Å². The SMILES string of the molecule is CS(=O)(=O)O.CS(=O)(=O)O.Cc1nc([B]c2ccccc2)nc(Nc2ccc(/C=C/c3ccc(Nc4nc(C)nc([B]c5ccccc5)n4)cc3S(=O)(=O)O)c(SOOO)c2)n1. The molecule has 0 aliphatic heterocycles. The Kier molecular flexibility index (Phi) is 17.7. The highest BCUT2D eigenvalue weighted by molar-refractivity contribution is 7.94. The maximum atomic E-state index is 12.5. The number of benzene rings is 4. The van der Waals surface area contributed by atoms with E-state index >= 15 is 0 Å². The summed E-state index contributed by atoms with van der Waals surface area (Å²) in [6, 6.07) is 28.8. The predicted octanol–water partition coefficient (Wildman–Crippen LogP) is 2.32. The van der Waals surface area contributed by atoms with Crippen LogP contribution in [-0.4, -0.2) is 101 Å². The molecule has 4 aromatic carbocycles. The maximum Gasteiger partial charge on any atom is 0.295 e. The van der Waals surface area contributed by atoms with Gasteiger partial charge in [0, 0.05) is 16.3 Å². The summed E-state index contributed by atoms with van der Waals surface area (Å²) >= 11 is 0.709. The number of nitrogens with zero attached hydrogens (tertiary/aromatic N) is 6. The Bertz CT molecular complexity index is 2790. The first kappa shape index (κ1) is 49.0. The lowest BCUT2D eigenvalue weighted by molar-refractivity contribution is -0.432. The van der Waals surface area contributed by atoms with Crippen molar-refractivity contribution < 1.29 is 53.5 Å². The summed E-state index contributed by atoms with van der Waals surface area (Å²) in [4.78, 5) is 26.5. The fraction of sp³-hybridized carbons (Fsp3) is 0.111. The minimum atomic E-state index is -4.67. The van der Waals surface area contributed by atoms with Gasteiger partial charge < -0.3 is 10.6 Å². The lowest BCUT2D eigenvalue weighted by Crippen LogP contribution is -2.33. The van der Waals surface area contributed by atoms with Crippen LogP contribution in [0.15, 0.2) is 107 Å². The van der Waals surface area contributed by atoms with E-state index in [0.29, 0.717) is 75.4 Å². The normalized spacial score (nSPS) is 11.4. The molecule has 26 heteroatoms. The second-order valence-electron chi connectivity index (χ2n) is 12.5. The zero-order chi connectivity index (χ0) is 45.5. The first-order valence-electron chi connectivity index (χ1n) is 17.3. The molecule has 6 N–H and O–H groups in total. The minimum Gasteiger partial charge on any atom is -0.324 e. The van der Waals surface area contributed by atoms with E-state index in [1.807, 2.05) is 67.9 Å². The van der Waals surface area contributed by atoms with Gasteiger partial charge in [-0.05, 0) is 49.2 Å². The van der Waals surface area contributed by atoms with Crippen LogP contribution in [0.3, 0.4) is 0 Å². The Hall–Kier alpha value is -5.67. The van der Waals surface area contributed by atoms with E-state index < -0.39 is 30.4 Å². The molecular formula is C36H36B2N8O12S4. The second-order valence-corrected chi connectivity index (χ2v) is 17.6. The molecule has 2 aromatic heterocycles. The third kappa shape index (κ3) is 18.5. The molecule has 6 aromatic rings. The van der Waals surface area contributed by atoms with Crippen LogP contribution in [0.4, 0.5) is 23.3 Å². The summed E-state index contributed by atoms with van der Waals surface area (Å²) in [7, 11) is -8.38. The molecule has 20 nitrogen and oxygen atoms in total. The van der Waals surface area contributed by atoms with Crippen molar-refractivity contribution in [2.24, 2.45) is 0 Å². The molecule has 322 valence electrons. The van der Waals surface area contributed by atoms with Crippen LogP contribution >= 0.6 is 12.0 Å². The van der Waals surface area contributed by atoms with Crippen molar-refractivity contribution in [1.82, 2.24) is 29.9 Å². The molecule has 62 heavy (non-hydrogen) atoms. The molecule has 0 unspecified atom stereocenters. The monoisotopic (exact) mass is 922 g/mol. The molecule has 0 saturated carbocycles. The van der Waals surface area contributed by atoms with Gasteiger partial charge >= 0.3 is 0 Å². The molecule has 0 atom stereocenters. The molecule has 0 fully saturated rings. The van der Waals surface area contributed by atoms with Gasteiger partial charge in [-0.1, -0.05) is 101 Å². The Morgan fingerprint density at radius 3 is 1.45 bits per heavy atom. The van der Waals surface area contributed by atoms with Gasteiger partial charge in [-0.15, -0.1) is 4.33 Å². The van der Waals surface area contributed by atoms with Crippen molar-refractivity contribution in [2.75, 3.05) is 23.1 Å². The Labute approximate surface area is 363 Å². The molecule has 0 aliphatic rings. The van der Waals surface area contributed by atoms with E-state index in [0.717, 1.165) is 10.9 Å². The number of hydrogen-bond acceptors (Lipinski definition) is 18. The number of hydrogen-bond donors (Lipinski definition) is 6. The van der Waals surface area contributed by atoms with E-state index in [9.17, 15) is 29.8 Å². The quantitative estimate of drug-likeness (QED) is 0.0228. The van der Waals surface area contributed by atoms with Crippen LogP contribution in [0.5, 0.6) is 0 Å². The highest BCUT2D eigenvalue weighted by Crippen LogP contribution is 2.31. The molecule has 6 rings (SSSR count). The van der Waals surface area contributed by atoms with E-state index in [4.69, 9.17) is 18.7 Å². The van der Waals surface area contributed by atoms with Gasteiger partial charge in [-0.25, -0.2) is 25.2 Å². The summed E-state index contributed by atoms with van der Waals surface area (Å²) < 4.78 is 91.6. The van der Waals surface area contributed by atoms with Crippen molar-refractivity contribution in [3.63, 3.8) is 0 Å². The van der Waals surface area contributed by atoms with E-state index in [2.05, 4.69) is 45.6 Å². The first-order chi connectivity index (χ1) is 29.1. The Balaban J connectivity index is 0.000000759. The van der Waals surface area contributed by atoms with Crippen molar-refractivity contribution in [1.29, 1.82) is 0 Å². The first-order valence-corrected chi connectivity index (χ1v) is 23.2. The molecule has 0 amide bonds. The number of rotatable bonds is 14. The molecule has 0 spiro atoms. The van der Waals surface area contributed by atoms with Crippen molar-refractivity contribution in [2.45, 2.75) is 23.6 Å². The summed E-state index contributed by atoms with van der Waals surface area (Å²) in [5, 5.41) is 18.8. The summed E-state index contributed by atoms with van der Waals surface area (Å²) in [5.74, 6) is 1.46. The van der Waals surface area contributed by atoms with Crippen LogP contribution in [0.25, 0.3) is 12.2 Å². The minimum absolute atomic E-state index is 0.193. The molecule has 0 saturated heterocycles. The third-order valence-electron chi connectivity index (χ3n) is 7.13. The number of aryl methyl sites for hydroxylation is 2. The van der Waals surface area contributed by atoms with E-state index in [1.54, 1.807) is 51.5 Å². The van der Waals surface area contributed by atoms with E-state index in [-0.39, 0.29) is 16.4 Å². The standard InChI is InChI=1S/C34H28B2N8O6S2.2CH4O3S/c1-21-37-31(35-25-9-5-3-6-10-25)43-33(39-21)41-27-17-15-23(29(19-27)51-50-49-45)13-14-24-16-18-28(20-30(24)52(46,47)48)42-34-40-22(2)38-32(44-34)36-26-11-7-4-8-12-26;2*1-5(2,3)4/h3-20,45H,1-2H3,(H,46,47,48)(H,37,39,41,43)(H,38,40,42,44);2*1H3,(H,2,3,4)/b14-13+;;. The molecule has 2 heterocycles. The fourth-order valence-corrected chi connectivity index (χ4v) is 6.15. The van der Waals surface area contributed by atoms with Crippen LogP contribution < -0.4 is 33.0 Å². The highest BCUT2D eigenvalue weighted by Gasteiger charge is 2.17. The maximum absolute atomic E-state index is 12.5. The molecule has 0 aliphatic carbocycles. The van der Waals surface area contributed by atoms with E-state index in [1.165, 1.54) is 18.2 Å².